The van der Waals surface area contributed by atoms with Crippen LogP contribution in [0.3, 0.4) is 0 Å². The molecule has 0 unspecified atom stereocenters. The van der Waals surface area contributed by atoms with Gasteiger partial charge in [-0.3, -0.25) is 4.79 Å². The maximum atomic E-state index is 13.0. The topological polar surface area (TPSA) is 124 Å². The first-order chi connectivity index (χ1) is 16.3. The van der Waals surface area contributed by atoms with Gasteiger partial charge < -0.3 is 30.2 Å². The molecule has 2 aromatic heterocycles. The third kappa shape index (κ3) is 4.74. The maximum Gasteiger partial charge on any atom is 0.258 e. The highest BCUT2D eigenvalue weighted by Crippen LogP contribution is 2.36. The summed E-state index contributed by atoms with van der Waals surface area (Å²) in [5.41, 5.74) is 1.63. The molecule has 2 atom stereocenters. The lowest BCUT2D eigenvalue weighted by molar-refractivity contribution is 0.0674. The zero-order valence-corrected chi connectivity index (χ0v) is 20.6. The largest absolute Gasteiger partial charge is 0.505 e. The number of rotatable bonds is 8. The van der Waals surface area contributed by atoms with Crippen LogP contribution < -0.4 is 10.6 Å². The van der Waals surface area contributed by atoms with Crippen LogP contribution in [0.5, 0.6) is 5.75 Å². The summed E-state index contributed by atoms with van der Waals surface area (Å²) < 4.78 is 14.7. The van der Waals surface area contributed by atoms with Gasteiger partial charge in [-0.1, -0.05) is 19.9 Å². The van der Waals surface area contributed by atoms with Crippen LogP contribution in [0.4, 0.5) is 17.3 Å². The molecule has 4 rings (SSSR count). The number of likely N-dealkylation sites (tertiary alicyclic amines) is 1. The zero-order valence-electron chi connectivity index (χ0n) is 19.8. The zero-order chi connectivity index (χ0) is 24.4. The first-order valence-corrected chi connectivity index (χ1v) is 12.2. The SMILES string of the molecule is Cc1cc([C@H](Nc2nsnc2Nc2cccc(C(=O)N3CCC[C@H]3CO)c2O)C(C)C)oc1C. The number of furan rings is 1. The number of nitrogens with one attached hydrogen (secondary N) is 2. The molecule has 1 fully saturated rings. The van der Waals surface area contributed by atoms with E-state index in [1.54, 1.807) is 23.1 Å². The Balaban J connectivity index is 1.56. The molecule has 1 amide bonds. The van der Waals surface area contributed by atoms with Crippen molar-refractivity contribution in [3.63, 3.8) is 0 Å². The number of benzene rings is 1. The number of aliphatic hydroxyl groups excluding tert-OH is 1. The minimum atomic E-state index is -0.295. The Morgan fingerprint density at radius 2 is 2.06 bits per heavy atom. The standard InChI is InChI=1S/C24H31N5O4S/c1-13(2)20(19-11-14(3)15(4)33-19)26-23-22(27-34-28-23)25-18-9-5-8-17(21(18)31)24(32)29-10-6-7-16(29)12-30/h5,8-9,11,13,16,20,30-31H,6-7,10,12H2,1-4H3,(H,25,27)(H,26,28)/t16-,20+/m0/s1. The number of aryl methyl sites for hydroxylation is 2. The van der Waals surface area contributed by atoms with Crippen LogP contribution in [-0.2, 0) is 0 Å². The first-order valence-electron chi connectivity index (χ1n) is 11.5. The van der Waals surface area contributed by atoms with Gasteiger partial charge in [0.05, 0.1) is 41.7 Å². The number of aliphatic hydroxyl groups is 1. The number of carbonyl (C=O) groups is 1. The number of aromatic nitrogens is 2. The Hall–Kier alpha value is -3.11. The van der Waals surface area contributed by atoms with Crippen molar-refractivity contribution in [2.75, 3.05) is 23.8 Å². The van der Waals surface area contributed by atoms with E-state index in [1.165, 1.54) is 0 Å². The second-order valence-corrected chi connectivity index (χ2v) is 9.55. The molecule has 0 spiro atoms. The predicted octanol–water partition coefficient (Wildman–Crippen LogP) is 4.60. The van der Waals surface area contributed by atoms with Gasteiger partial charge in [-0.05, 0) is 56.4 Å². The van der Waals surface area contributed by atoms with Crippen molar-refractivity contribution in [2.45, 2.75) is 52.6 Å². The summed E-state index contributed by atoms with van der Waals surface area (Å²) in [4.78, 5) is 14.7. The molecule has 182 valence electrons. The normalized spacial score (nSPS) is 16.8. The van der Waals surface area contributed by atoms with Gasteiger partial charge >= 0.3 is 0 Å². The fourth-order valence-electron chi connectivity index (χ4n) is 4.23. The molecular weight excluding hydrogens is 454 g/mol. The van der Waals surface area contributed by atoms with Gasteiger partial charge in [0.25, 0.3) is 5.91 Å². The number of phenols is 1. The number of hydrogen-bond acceptors (Lipinski definition) is 9. The molecule has 1 aromatic carbocycles. The predicted molar refractivity (Wildman–Crippen MR) is 132 cm³/mol. The summed E-state index contributed by atoms with van der Waals surface area (Å²) in [6, 6.07) is 6.66. The Morgan fingerprint density at radius 1 is 1.29 bits per heavy atom. The molecule has 0 radical (unpaired) electrons. The Kier molecular flexibility index (Phi) is 7.08. The minimum absolute atomic E-state index is 0.0876. The molecule has 34 heavy (non-hydrogen) atoms. The number of para-hydroxylation sites is 1. The maximum absolute atomic E-state index is 13.0. The Bertz CT molecular complexity index is 1140. The van der Waals surface area contributed by atoms with Gasteiger partial charge in [0.2, 0.25) is 0 Å². The third-order valence-corrected chi connectivity index (χ3v) is 6.84. The van der Waals surface area contributed by atoms with Crippen molar-refractivity contribution in [3.8, 4) is 5.75 Å². The lowest BCUT2D eigenvalue weighted by Gasteiger charge is -2.24. The van der Waals surface area contributed by atoms with Crippen LogP contribution in [-0.4, -0.2) is 49.0 Å². The van der Waals surface area contributed by atoms with Gasteiger partial charge in [0.15, 0.2) is 17.4 Å². The third-order valence-electron chi connectivity index (χ3n) is 6.31. The molecule has 1 saturated heterocycles. The molecule has 3 heterocycles. The number of hydrogen-bond donors (Lipinski definition) is 4. The number of amides is 1. The number of anilines is 3. The molecule has 10 heteroatoms. The van der Waals surface area contributed by atoms with E-state index in [0.29, 0.717) is 23.9 Å². The quantitative estimate of drug-likeness (QED) is 0.341. The van der Waals surface area contributed by atoms with E-state index in [0.717, 1.165) is 41.7 Å². The molecule has 1 aliphatic rings. The lowest BCUT2D eigenvalue weighted by atomic mass is 10.0. The minimum Gasteiger partial charge on any atom is -0.505 e. The molecule has 1 aliphatic heterocycles. The van der Waals surface area contributed by atoms with Crippen LogP contribution in [0.2, 0.25) is 0 Å². The van der Waals surface area contributed by atoms with E-state index >= 15 is 0 Å². The summed E-state index contributed by atoms with van der Waals surface area (Å²) >= 11 is 1.04. The molecule has 0 bridgehead atoms. The van der Waals surface area contributed by atoms with Crippen molar-refractivity contribution in [1.29, 1.82) is 0 Å². The van der Waals surface area contributed by atoms with Crippen molar-refractivity contribution in [2.24, 2.45) is 5.92 Å². The Morgan fingerprint density at radius 3 is 2.74 bits per heavy atom. The van der Waals surface area contributed by atoms with Gasteiger partial charge in [0, 0.05) is 6.54 Å². The van der Waals surface area contributed by atoms with E-state index in [1.807, 2.05) is 19.9 Å². The van der Waals surface area contributed by atoms with E-state index in [9.17, 15) is 15.0 Å². The van der Waals surface area contributed by atoms with Crippen molar-refractivity contribution < 1.29 is 19.4 Å². The van der Waals surface area contributed by atoms with Crippen LogP contribution in [0.25, 0.3) is 0 Å². The number of carbonyl (C=O) groups excluding carboxylic acids is 1. The highest BCUT2D eigenvalue weighted by Gasteiger charge is 2.31. The van der Waals surface area contributed by atoms with E-state index in [-0.39, 0.29) is 41.8 Å². The lowest BCUT2D eigenvalue weighted by Crippen LogP contribution is -2.37. The molecule has 3 aromatic rings. The summed E-state index contributed by atoms with van der Waals surface area (Å²) in [7, 11) is 0. The fraction of sp³-hybridized carbons (Fsp3) is 0.458. The second kappa shape index (κ2) is 10.0. The van der Waals surface area contributed by atoms with Gasteiger partial charge in [-0.25, -0.2) is 0 Å². The van der Waals surface area contributed by atoms with Crippen LogP contribution in [0, 0.1) is 19.8 Å². The molecule has 9 nitrogen and oxygen atoms in total. The molecule has 0 saturated carbocycles. The summed E-state index contributed by atoms with van der Waals surface area (Å²) in [5, 5.41) is 27.0. The highest BCUT2D eigenvalue weighted by atomic mass is 32.1. The monoisotopic (exact) mass is 485 g/mol. The van der Waals surface area contributed by atoms with E-state index in [4.69, 9.17) is 4.42 Å². The first kappa shape index (κ1) is 24.0. The number of aromatic hydroxyl groups is 1. The average Bonchev–Trinajstić information content (AvgIpc) is 3.53. The number of nitrogens with zero attached hydrogens (tertiary/aromatic N) is 3. The van der Waals surface area contributed by atoms with E-state index < -0.39 is 0 Å². The summed E-state index contributed by atoms with van der Waals surface area (Å²) in [6.45, 7) is 8.62. The number of phenolic OH excluding ortho intramolecular Hbond substituents is 1. The van der Waals surface area contributed by atoms with Crippen LogP contribution >= 0.6 is 11.7 Å². The van der Waals surface area contributed by atoms with E-state index in [2.05, 4.69) is 33.2 Å². The fourth-order valence-corrected chi connectivity index (χ4v) is 4.70. The molecule has 4 N–H and O–H groups in total. The van der Waals surface area contributed by atoms with Crippen LogP contribution in [0.1, 0.15) is 60.2 Å². The van der Waals surface area contributed by atoms with Crippen molar-refractivity contribution in [3.05, 3.63) is 46.9 Å². The highest BCUT2D eigenvalue weighted by molar-refractivity contribution is 6.99. The summed E-state index contributed by atoms with van der Waals surface area (Å²) in [6.07, 6.45) is 1.59. The van der Waals surface area contributed by atoms with Gasteiger partial charge in [0.1, 0.15) is 11.5 Å². The second-order valence-electron chi connectivity index (χ2n) is 9.02. The average molecular weight is 486 g/mol. The van der Waals surface area contributed by atoms with Crippen molar-refractivity contribution in [1.82, 2.24) is 13.6 Å². The molecular formula is C24H31N5O4S. The van der Waals surface area contributed by atoms with Gasteiger partial charge in [-0.2, -0.15) is 8.75 Å². The summed E-state index contributed by atoms with van der Waals surface area (Å²) in [5.74, 6) is 2.45. The van der Waals surface area contributed by atoms with Crippen molar-refractivity contribution >= 4 is 35.0 Å². The Labute approximate surface area is 203 Å². The van der Waals surface area contributed by atoms with Crippen LogP contribution in [0.15, 0.2) is 28.7 Å². The molecule has 0 aliphatic carbocycles. The smallest absolute Gasteiger partial charge is 0.258 e. The van der Waals surface area contributed by atoms with Gasteiger partial charge in [-0.15, -0.1) is 0 Å².